The standard InChI is InChI=1S/C23H38NO3P/c1-16(2)9-8-11-21(5)17-10-12-22(6)18(17)13-19(23(21,22)7)24-28(25)26-14-20(3,4)15-27-28/h9,17-18H,8,10-15H2,1-7H3/b24-19+/t17-,18-,21+,22+,23+/m0/s1. The van der Waals surface area contributed by atoms with E-state index in [4.69, 9.17) is 13.8 Å². The van der Waals surface area contributed by atoms with Crippen LogP contribution in [0.5, 0.6) is 0 Å². The van der Waals surface area contributed by atoms with Gasteiger partial charge in [0.2, 0.25) is 0 Å². The Morgan fingerprint density at radius 3 is 2.36 bits per heavy atom. The summed E-state index contributed by atoms with van der Waals surface area (Å²) in [4.78, 5) is 0. The van der Waals surface area contributed by atoms with Crippen molar-refractivity contribution in [3.05, 3.63) is 11.6 Å². The van der Waals surface area contributed by atoms with Crippen LogP contribution < -0.4 is 0 Å². The van der Waals surface area contributed by atoms with Gasteiger partial charge in [0.15, 0.2) is 0 Å². The lowest BCUT2D eigenvalue weighted by Gasteiger charge is -2.54. The van der Waals surface area contributed by atoms with Crippen molar-refractivity contribution < 1.29 is 13.6 Å². The molecule has 0 amide bonds. The molecular weight excluding hydrogens is 369 g/mol. The summed E-state index contributed by atoms with van der Waals surface area (Å²) in [6.45, 7) is 16.7. The second-order valence-electron chi connectivity index (χ2n) is 11.5. The van der Waals surface area contributed by atoms with E-state index in [1.165, 1.54) is 24.8 Å². The summed E-state index contributed by atoms with van der Waals surface area (Å²) < 4.78 is 29.5. The average molecular weight is 408 g/mol. The van der Waals surface area contributed by atoms with Crippen molar-refractivity contribution in [2.75, 3.05) is 13.2 Å². The van der Waals surface area contributed by atoms with E-state index < -0.39 is 7.75 Å². The van der Waals surface area contributed by atoms with Gasteiger partial charge in [-0.2, -0.15) is 4.76 Å². The average Bonchev–Trinajstić information content (AvgIpc) is 3.07. The minimum Gasteiger partial charge on any atom is -0.290 e. The van der Waals surface area contributed by atoms with Crippen molar-refractivity contribution in [2.45, 2.75) is 80.6 Å². The number of hydrogen-bond acceptors (Lipinski definition) is 3. The lowest BCUT2D eigenvalue weighted by atomic mass is 9.50. The van der Waals surface area contributed by atoms with Gasteiger partial charge in [-0.25, -0.2) is 4.57 Å². The number of nitrogens with zero attached hydrogens (tertiary/aromatic N) is 1. The third-order valence-electron chi connectivity index (χ3n) is 9.07. The molecule has 0 radical (unpaired) electrons. The lowest BCUT2D eigenvalue weighted by molar-refractivity contribution is 0.0141. The molecule has 0 unspecified atom stereocenters. The number of allylic oxidation sites excluding steroid dienone is 2. The van der Waals surface area contributed by atoms with Gasteiger partial charge in [0.1, 0.15) is 0 Å². The molecule has 4 bridgehead atoms. The molecule has 28 heavy (non-hydrogen) atoms. The zero-order valence-electron chi connectivity index (χ0n) is 18.8. The summed E-state index contributed by atoms with van der Waals surface area (Å²) in [6, 6.07) is 0. The molecular formula is C23H38NO3P. The SMILES string of the molecule is CC(C)=CCC[C@]1(C)[C@H]2CC[C@]3(C)[C@H]2C/C(=N\P2(=O)OCC(C)(C)CO2)[C@]13C. The molecule has 0 spiro atoms. The van der Waals surface area contributed by atoms with Crippen LogP contribution in [0.3, 0.4) is 0 Å². The van der Waals surface area contributed by atoms with Crippen molar-refractivity contribution >= 4 is 13.5 Å². The van der Waals surface area contributed by atoms with Gasteiger partial charge in [-0.15, -0.1) is 0 Å². The van der Waals surface area contributed by atoms with Gasteiger partial charge in [0, 0.05) is 16.5 Å². The van der Waals surface area contributed by atoms with Crippen LogP contribution in [0, 0.1) is 33.5 Å². The van der Waals surface area contributed by atoms with Crippen LogP contribution in [0.25, 0.3) is 0 Å². The molecule has 5 heteroatoms. The van der Waals surface area contributed by atoms with E-state index in [1.807, 2.05) is 0 Å². The van der Waals surface area contributed by atoms with Crippen LogP contribution in [0.4, 0.5) is 0 Å². The Labute approximate surface area is 171 Å². The minimum atomic E-state index is -3.39. The normalized spacial score (nSPS) is 46.9. The predicted molar refractivity (Wildman–Crippen MR) is 115 cm³/mol. The van der Waals surface area contributed by atoms with Gasteiger partial charge < -0.3 is 0 Å². The van der Waals surface area contributed by atoms with Gasteiger partial charge in [0.05, 0.1) is 13.2 Å². The van der Waals surface area contributed by atoms with Crippen LogP contribution in [0.15, 0.2) is 16.4 Å². The van der Waals surface area contributed by atoms with E-state index in [9.17, 15) is 4.57 Å². The van der Waals surface area contributed by atoms with E-state index in [0.29, 0.717) is 19.1 Å². The van der Waals surface area contributed by atoms with Gasteiger partial charge in [-0.3, -0.25) is 9.05 Å². The summed E-state index contributed by atoms with van der Waals surface area (Å²) in [5, 5.41) is 0. The highest BCUT2D eigenvalue weighted by molar-refractivity contribution is 7.52. The van der Waals surface area contributed by atoms with Gasteiger partial charge >= 0.3 is 7.75 Å². The fraction of sp³-hybridized carbons (Fsp3) is 0.870. The maximum Gasteiger partial charge on any atom is 0.453 e. The molecule has 1 heterocycles. The van der Waals surface area contributed by atoms with Crippen LogP contribution in [-0.4, -0.2) is 18.9 Å². The largest absolute Gasteiger partial charge is 0.453 e. The summed E-state index contributed by atoms with van der Waals surface area (Å²) in [6.07, 6.45) is 8.20. The van der Waals surface area contributed by atoms with Crippen LogP contribution in [-0.2, 0) is 13.6 Å². The van der Waals surface area contributed by atoms with E-state index in [-0.39, 0.29) is 21.7 Å². The fourth-order valence-corrected chi connectivity index (χ4v) is 8.96. The highest BCUT2D eigenvalue weighted by atomic mass is 31.2. The fourth-order valence-electron chi connectivity index (χ4n) is 7.17. The van der Waals surface area contributed by atoms with Crippen molar-refractivity contribution in [1.82, 2.24) is 0 Å². The molecule has 0 aromatic rings. The first kappa shape index (κ1) is 20.8. The Morgan fingerprint density at radius 1 is 1.14 bits per heavy atom. The predicted octanol–water partition coefficient (Wildman–Crippen LogP) is 6.82. The third-order valence-corrected chi connectivity index (χ3v) is 10.5. The van der Waals surface area contributed by atoms with Gasteiger partial charge in [-0.05, 0) is 68.6 Å². The first-order valence-electron chi connectivity index (χ1n) is 11.0. The van der Waals surface area contributed by atoms with Crippen LogP contribution >= 0.6 is 7.75 Å². The summed E-state index contributed by atoms with van der Waals surface area (Å²) in [5.74, 6) is 1.40. The molecule has 4 aliphatic rings. The molecule has 5 atom stereocenters. The van der Waals surface area contributed by atoms with Crippen molar-refractivity contribution in [1.29, 1.82) is 0 Å². The first-order chi connectivity index (χ1) is 12.9. The maximum atomic E-state index is 13.3. The molecule has 1 saturated heterocycles. The highest BCUT2D eigenvalue weighted by Crippen LogP contribution is 2.82. The molecule has 0 N–H and O–H groups in total. The summed E-state index contributed by atoms with van der Waals surface area (Å²) >= 11 is 0. The first-order valence-corrected chi connectivity index (χ1v) is 12.5. The van der Waals surface area contributed by atoms with Crippen molar-refractivity contribution in [3.63, 3.8) is 0 Å². The molecule has 1 aliphatic heterocycles. The van der Waals surface area contributed by atoms with Crippen LogP contribution in [0.2, 0.25) is 0 Å². The Morgan fingerprint density at radius 2 is 1.79 bits per heavy atom. The van der Waals surface area contributed by atoms with Gasteiger partial charge in [0.25, 0.3) is 0 Å². The van der Waals surface area contributed by atoms with Crippen LogP contribution in [0.1, 0.15) is 80.6 Å². The summed E-state index contributed by atoms with van der Waals surface area (Å²) in [7, 11) is -3.39. The van der Waals surface area contributed by atoms with E-state index in [2.05, 4.69) is 54.5 Å². The molecule has 3 aliphatic carbocycles. The molecule has 4 nitrogen and oxygen atoms in total. The Kier molecular flexibility index (Phi) is 4.67. The van der Waals surface area contributed by atoms with Crippen molar-refractivity contribution in [2.24, 2.45) is 38.3 Å². The Bertz CT molecular complexity index is 769. The minimum absolute atomic E-state index is 0.0276. The summed E-state index contributed by atoms with van der Waals surface area (Å²) in [5.41, 5.74) is 2.82. The zero-order chi connectivity index (χ0) is 20.6. The highest BCUT2D eigenvalue weighted by Gasteiger charge is 2.78. The Hall–Kier alpha value is -0.440. The van der Waals surface area contributed by atoms with E-state index in [0.717, 1.165) is 24.5 Å². The van der Waals surface area contributed by atoms with E-state index in [1.54, 1.807) is 0 Å². The lowest BCUT2D eigenvalue weighted by Crippen LogP contribution is -2.51. The molecule has 3 saturated carbocycles. The van der Waals surface area contributed by atoms with Gasteiger partial charge in [-0.1, -0.05) is 46.3 Å². The second-order valence-corrected chi connectivity index (χ2v) is 13.1. The molecule has 0 aromatic carbocycles. The zero-order valence-corrected chi connectivity index (χ0v) is 19.7. The number of rotatable bonds is 4. The Balaban J connectivity index is 1.68. The quantitative estimate of drug-likeness (QED) is 0.379. The topological polar surface area (TPSA) is 47.9 Å². The maximum absolute atomic E-state index is 13.3. The van der Waals surface area contributed by atoms with Crippen molar-refractivity contribution in [3.8, 4) is 0 Å². The second kappa shape index (κ2) is 6.28. The monoisotopic (exact) mass is 407 g/mol. The smallest absolute Gasteiger partial charge is 0.290 e. The molecule has 4 rings (SSSR count). The third kappa shape index (κ3) is 2.70. The molecule has 4 fully saturated rings. The molecule has 158 valence electrons. The van der Waals surface area contributed by atoms with E-state index >= 15 is 0 Å². The number of hydrogen-bond donors (Lipinski definition) is 0. The molecule has 0 aromatic heterocycles.